The first kappa shape index (κ1) is 14.7. The molecule has 0 aliphatic heterocycles. The Hall–Kier alpha value is -2.69. The maximum Gasteiger partial charge on any atom is 0.335 e. The summed E-state index contributed by atoms with van der Waals surface area (Å²) in [6, 6.07) is 10.1. The van der Waals surface area contributed by atoms with E-state index in [0.29, 0.717) is 18.7 Å². The molecule has 1 heterocycles. The number of anilines is 1. The SMILES string of the molecule is Cc1cc[n+](CCC(=O)Nc2ccc(C(=O)O)cc2)cc1. The first-order valence-electron chi connectivity index (χ1n) is 6.63. The van der Waals surface area contributed by atoms with Crippen LogP contribution in [0, 0.1) is 6.92 Å². The van der Waals surface area contributed by atoms with Crippen molar-refractivity contribution in [3.8, 4) is 0 Å². The molecule has 0 aliphatic carbocycles. The Morgan fingerprint density at radius 1 is 1.10 bits per heavy atom. The van der Waals surface area contributed by atoms with E-state index in [2.05, 4.69) is 5.32 Å². The third-order valence-corrected chi connectivity index (χ3v) is 3.07. The number of rotatable bonds is 5. The number of amides is 1. The fourth-order valence-electron chi connectivity index (χ4n) is 1.83. The molecule has 0 unspecified atom stereocenters. The summed E-state index contributed by atoms with van der Waals surface area (Å²) >= 11 is 0. The summed E-state index contributed by atoms with van der Waals surface area (Å²) < 4.78 is 1.94. The number of benzene rings is 1. The van der Waals surface area contributed by atoms with Crippen LogP contribution < -0.4 is 9.88 Å². The molecule has 0 radical (unpaired) electrons. The lowest BCUT2D eigenvalue weighted by atomic mass is 10.2. The number of aryl methyl sites for hydroxylation is 2. The molecule has 1 amide bonds. The highest BCUT2D eigenvalue weighted by molar-refractivity contribution is 5.92. The molecule has 2 N–H and O–H groups in total. The molecule has 0 aliphatic rings. The molecule has 5 nitrogen and oxygen atoms in total. The number of nitrogens with one attached hydrogen (secondary N) is 1. The van der Waals surface area contributed by atoms with E-state index in [1.165, 1.54) is 17.7 Å². The van der Waals surface area contributed by atoms with Crippen molar-refractivity contribution in [3.63, 3.8) is 0 Å². The molecule has 5 heteroatoms. The van der Waals surface area contributed by atoms with Gasteiger partial charge < -0.3 is 10.4 Å². The van der Waals surface area contributed by atoms with Crippen LogP contribution in [0.3, 0.4) is 0 Å². The van der Waals surface area contributed by atoms with Gasteiger partial charge in [0, 0.05) is 17.8 Å². The summed E-state index contributed by atoms with van der Waals surface area (Å²) in [5.74, 6) is -1.09. The Bertz CT molecular complexity index is 634. The summed E-state index contributed by atoms with van der Waals surface area (Å²) in [4.78, 5) is 22.6. The van der Waals surface area contributed by atoms with E-state index in [4.69, 9.17) is 5.11 Å². The average Bonchev–Trinajstić information content (AvgIpc) is 2.47. The van der Waals surface area contributed by atoms with Gasteiger partial charge in [-0.05, 0) is 36.8 Å². The summed E-state index contributed by atoms with van der Waals surface area (Å²) in [7, 11) is 0. The van der Waals surface area contributed by atoms with Crippen LogP contribution in [0.4, 0.5) is 5.69 Å². The Labute approximate surface area is 122 Å². The molecule has 0 spiro atoms. The van der Waals surface area contributed by atoms with Gasteiger partial charge in [0.15, 0.2) is 18.9 Å². The monoisotopic (exact) mass is 285 g/mol. The lowest BCUT2D eigenvalue weighted by molar-refractivity contribution is -0.695. The average molecular weight is 285 g/mol. The van der Waals surface area contributed by atoms with Gasteiger partial charge >= 0.3 is 5.97 Å². The zero-order valence-corrected chi connectivity index (χ0v) is 11.7. The van der Waals surface area contributed by atoms with Gasteiger partial charge in [-0.15, -0.1) is 0 Å². The standard InChI is InChI=1S/C16H16N2O3/c1-12-6-9-18(10-7-12)11-8-15(19)17-14-4-2-13(3-5-14)16(20)21/h2-7,9-10H,8,11H2,1H3,(H-,17,19,20,21)/p+1. The predicted octanol–water partition coefficient (Wildman–Crippen LogP) is 2.01. The topological polar surface area (TPSA) is 70.3 Å². The summed E-state index contributed by atoms with van der Waals surface area (Å²) in [6.45, 7) is 2.61. The zero-order chi connectivity index (χ0) is 15.2. The fourth-order valence-corrected chi connectivity index (χ4v) is 1.83. The third-order valence-electron chi connectivity index (χ3n) is 3.07. The van der Waals surface area contributed by atoms with Gasteiger partial charge in [0.2, 0.25) is 5.91 Å². The Morgan fingerprint density at radius 3 is 2.29 bits per heavy atom. The van der Waals surface area contributed by atoms with Crippen LogP contribution >= 0.6 is 0 Å². The van der Waals surface area contributed by atoms with E-state index in [1.807, 2.05) is 36.0 Å². The van der Waals surface area contributed by atoms with Gasteiger partial charge in [-0.3, -0.25) is 4.79 Å². The molecular weight excluding hydrogens is 268 g/mol. The van der Waals surface area contributed by atoms with Crippen molar-refractivity contribution in [2.24, 2.45) is 0 Å². The molecule has 108 valence electrons. The van der Waals surface area contributed by atoms with E-state index in [-0.39, 0.29) is 11.5 Å². The van der Waals surface area contributed by atoms with Crippen molar-refractivity contribution in [2.45, 2.75) is 19.9 Å². The second kappa shape index (κ2) is 6.65. The second-order valence-electron chi connectivity index (χ2n) is 4.79. The minimum absolute atomic E-state index is 0.105. The van der Waals surface area contributed by atoms with Gasteiger partial charge in [0.05, 0.1) is 12.0 Å². The molecule has 2 aromatic rings. The predicted molar refractivity (Wildman–Crippen MR) is 78.0 cm³/mol. The quantitative estimate of drug-likeness (QED) is 0.826. The van der Waals surface area contributed by atoms with Crippen LogP contribution in [0.5, 0.6) is 0 Å². The molecule has 0 saturated heterocycles. The fraction of sp³-hybridized carbons (Fsp3) is 0.188. The number of carboxylic acid groups (broad SMARTS) is 1. The van der Waals surface area contributed by atoms with E-state index < -0.39 is 5.97 Å². The van der Waals surface area contributed by atoms with Crippen LogP contribution in [-0.2, 0) is 11.3 Å². The summed E-state index contributed by atoms with van der Waals surface area (Å²) in [6.07, 6.45) is 4.23. The summed E-state index contributed by atoms with van der Waals surface area (Å²) in [5, 5.41) is 11.5. The lowest BCUT2D eigenvalue weighted by Crippen LogP contribution is -2.34. The number of aromatic carboxylic acids is 1. The largest absolute Gasteiger partial charge is 0.478 e. The first-order valence-corrected chi connectivity index (χ1v) is 6.63. The van der Waals surface area contributed by atoms with Crippen molar-refractivity contribution in [3.05, 3.63) is 59.9 Å². The van der Waals surface area contributed by atoms with Crippen molar-refractivity contribution in [2.75, 3.05) is 5.32 Å². The maximum atomic E-state index is 11.8. The number of aromatic nitrogens is 1. The molecule has 1 aromatic heterocycles. The van der Waals surface area contributed by atoms with Crippen molar-refractivity contribution in [1.29, 1.82) is 0 Å². The summed E-state index contributed by atoms with van der Waals surface area (Å²) in [5.41, 5.74) is 1.97. The van der Waals surface area contributed by atoms with E-state index >= 15 is 0 Å². The number of carbonyl (C=O) groups excluding carboxylic acids is 1. The Kier molecular flexibility index (Phi) is 4.66. The molecule has 0 saturated carbocycles. The van der Waals surface area contributed by atoms with Crippen LogP contribution in [0.2, 0.25) is 0 Å². The highest BCUT2D eigenvalue weighted by Gasteiger charge is 2.08. The molecule has 1 aromatic carbocycles. The third kappa shape index (κ3) is 4.42. The van der Waals surface area contributed by atoms with Crippen LogP contribution in [-0.4, -0.2) is 17.0 Å². The normalized spacial score (nSPS) is 10.1. The van der Waals surface area contributed by atoms with Crippen LogP contribution in [0.15, 0.2) is 48.8 Å². The molecule has 2 rings (SSSR count). The molecule has 21 heavy (non-hydrogen) atoms. The van der Waals surface area contributed by atoms with Crippen molar-refractivity contribution in [1.82, 2.24) is 0 Å². The number of carboxylic acids is 1. The molecular formula is C16H17N2O3+. The van der Waals surface area contributed by atoms with Crippen LogP contribution in [0.25, 0.3) is 0 Å². The number of hydrogen-bond acceptors (Lipinski definition) is 2. The number of pyridine rings is 1. The van der Waals surface area contributed by atoms with Gasteiger partial charge in [-0.1, -0.05) is 0 Å². The van der Waals surface area contributed by atoms with Gasteiger partial charge in [0.25, 0.3) is 0 Å². The lowest BCUT2D eigenvalue weighted by Gasteiger charge is -2.04. The highest BCUT2D eigenvalue weighted by Crippen LogP contribution is 2.09. The highest BCUT2D eigenvalue weighted by atomic mass is 16.4. The first-order chi connectivity index (χ1) is 10.0. The number of hydrogen-bond donors (Lipinski definition) is 2. The number of nitrogens with zero attached hydrogens (tertiary/aromatic N) is 1. The van der Waals surface area contributed by atoms with Gasteiger partial charge in [-0.2, -0.15) is 0 Å². The van der Waals surface area contributed by atoms with Crippen molar-refractivity contribution < 1.29 is 19.3 Å². The van der Waals surface area contributed by atoms with Gasteiger partial charge in [0.1, 0.15) is 0 Å². The minimum atomic E-state index is -0.983. The maximum absolute atomic E-state index is 11.8. The second-order valence-corrected chi connectivity index (χ2v) is 4.79. The van der Waals surface area contributed by atoms with E-state index in [9.17, 15) is 9.59 Å². The van der Waals surface area contributed by atoms with E-state index in [0.717, 1.165) is 0 Å². The minimum Gasteiger partial charge on any atom is -0.478 e. The van der Waals surface area contributed by atoms with Crippen molar-refractivity contribution >= 4 is 17.6 Å². The molecule has 0 fully saturated rings. The van der Waals surface area contributed by atoms with Gasteiger partial charge in [-0.25, -0.2) is 9.36 Å². The molecule has 0 atom stereocenters. The van der Waals surface area contributed by atoms with E-state index in [1.54, 1.807) is 12.1 Å². The number of carbonyl (C=O) groups is 2. The zero-order valence-electron chi connectivity index (χ0n) is 11.7. The Balaban J connectivity index is 1.86. The van der Waals surface area contributed by atoms with Crippen LogP contribution in [0.1, 0.15) is 22.3 Å². The molecule has 0 bridgehead atoms. The smallest absolute Gasteiger partial charge is 0.335 e. The Morgan fingerprint density at radius 2 is 1.71 bits per heavy atom.